The highest BCUT2D eigenvalue weighted by atomic mass is 32.1. The molecule has 25 heavy (non-hydrogen) atoms. The van der Waals surface area contributed by atoms with Gasteiger partial charge in [0.25, 0.3) is 0 Å². The molecule has 1 aromatic carbocycles. The lowest BCUT2D eigenvalue weighted by Crippen LogP contribution is -2.53. The Morgan fingerprint density at radius 1 is 1.48 bits per heavy atom. The molecule has 130 valence electrons. The van der Waals surface area contributed by atoms with Gasteiger partial charge < -0.3 is 25.8 Å². The van der Waals surface area contributed by atoms with E-state index in [2.05, 4.69) is 10.3 Å². The van der Waals surface area contributed by atoms with Gasteiger partial charge in [-0.3, -0.25) is 4.79 Å². The van der Waals surface area contributed by atoms with Crippen LogP contribution in [-0.4, -0.2) is 40.1 Å². The lowest BCUT2D eigenvalue weighted by atomic mass is 9.72. The highest BCUT2D eigenvalue weighted by Crippen LogP contribution is 2.30. The lowest BCUT2D eigenvalue weighted by Gasteiger charge is -2.28. The summed E-state index contributed by atoms with van der Waals surface area (Å²) >= 11 is 1.39. The van der Waals surface area contributed by atoms with Crippen molar-refractivity contribution < 1.29 is 24.4 Å². The first kappa shape index (κ1) is 17.4. The van der Waals surface area contributed by atoms with Crippen molar-refractivity contribution >= 4 is 30.3 Å². The Morgan fingerprint density at radius 3 is 2.96 bits per heavy atom. The second-order valence-electron chi connectivity index (χ2n) is 5.60. The van der Waals surface area contributed by atoms with Crippen LogP contribution in [0.25, 0.3) is 0 Å². The number of nitrogens with one attached hydrogen (secondary N) is 1. The number of rotatable bonds is 5. The molecule has 5 N–H and O–H groups in total. The largest absolute Gasteiger partial charge is 0.547 e. The summed E-state index contributed by atoms with van der Waals surface area (Å²) in [6.45, 7) is 0.324. The second kappa shape index (κ2) is 7.22. The summed E-state index contributed by atoms with van der Waals surface area (Å²) < 4.78 is 5.34. The molecular weight excluding hydrogens is 345 g/mol. The Morgan fingerprint density at radius 2 is 2.28 bits per heavy atom. The zero-order valence-corrected chi connectivity index (χ0v) is 14.0. The fourth-order valence-corrected chi connectivity index (χ4v) is 3.34. The summed E-state index contributed by atoms with van der Waals surface area (Å²) in [5.74, 6) is -1.97. The molecule has 1 aromatic heterocycles. The maximum atomic E-state index is 12.2. The summed E-state index contributed by atoms with van der Waals surface area (Å²) in [6, 6.07) is 4.72. The Labute approximate surface area is 147 Å². The number of amides is 1. The topological polar surface area (TPSA) is 135 Å². The van der Waals surface area contributed by atoms with Gasteiger partial charge in [0.1, 0.15) is 10.8 Å². The van der Waals surface area contributed by atoms with E-state index in [4.69, 9.17) is 10.4 Å². The van der Waals surface area contributed by atoms with Crippen molar-refractivity contribution in [3.63, 3.8) is 0 Å². The molecule has 0 saturated carbocycles. The molecule has 8 nitrogen and oxygen atoms in total. The number of thiazole rings is 1. The molecule has 10 heteroatoms. The number of nitrogens with zero attached hydrogens (tertiary/aromatic N) is 1. The van der Waals surface area contributed by atoms with Gasteiger partial charge in [-0.1, -0.05) is 12.1 Å². The van der Waals surface area contributed by atoms with E-state index in [1.807, 2.05) is 0 Å². The van der Waals surface area contributed by atoms with Gasteiger partial charge >= 0.3 is 13.1 Å². The quantitative estimate of drug-likeness (QED) is 0.550. The molecule has 2 heterocycles. The van der Waals surface area contributed by atoms with Gasteiger partial charge in [0.05, 0.1) is 23.6 Å². The Bertz CT molecular complexity index is 812. The Balaban J connectivity index is 1.68. The molecule has 0 radical (unpaired) electrons. The van der Waals surface area contributed by atoms with Crippen LogP contribution in [-0.2, 0) is 24.2 Å². The van der Waals surface area contributed by atoms with E-state index < -0.39 is 19.0 Å². The number of para-hydroxylation sites is 1. The first-order valence-electron chi connectivity index (χ1n) is 7.60. The van der Waals surface area contributed by atoms with Crippen LogP contribution < -0.4 is 15.7 Å². The summed E-state index contributed by atoms with van der Waals surface area (Å²) in [6.07, 6.45) is 0.343. The van der Waals surface area contributed by atoms with E-state index >= 15 is 0 Å². The Kier molecular flexibility index (Phi) is 5.02. The standard InChI is InChI=1S/C15H16BN3O5S/c17-6-13-18-9(7-25-13)5-12(20)19-11-4-8-2-1-3-10(15(21)22)14(8)24-16(11)23/h1-3,7,11,23H,4-6,17H2,(H,19,20)(H,21,22)/t11-/m0/s1. The molecule has 1 aliphatic heterocycles. The first-order valence-corrected chi connectivity index (χ1v) is 8.48. The molecule has 0 aliphatic carbocycles. The number of aromatic carboxylic acids is 1. The van der Waals surface area contributed by atoms with Gasteiger partial charge in [-0.05, 0) is 18.1 Å². The van der Waals surface area contributed by atoms with Crippen molar-refractivity contribution in [2.75, 3.05) is 0 Å². The van der Waals surface area contributed by atoms with Gasteiger partial charge in [-0.15, -0.1) is 11.3 Å². The van der Waals surface area contributed by atoms with Crippen molar-refractivity contribution in [3.05, 3.63) is 45.4 Å². The number of fused-ring (bicyclic) bond motifs is 1. The number of nitrogens with two attached hydrogens (primary N) is 1. The maximum Gasteiger partial charge on any atom is 0.547 e. The van der Waals surface area contributed by atoms with E-state index in [0.717, 1.165) is 5.01 Å². The second-order valence-corrected chi connectivity index (χ2v) is 6.54. The minimum absolute atomic E-state index is 0.0156. The third kappa shape index (κ3) is 3.81. The number of hydrogen-bond donors (Lipinski definition) is 4. The molecule has 0 saturated heterocycles. The molecule has 2 aromatic rings. The van der Waals surface area contributed by atoms with Gasteiger partial charge in [0, 0.05) is 11.9 Å². The predicted molar refractivity (Wildman–Crippen MR) is 91.3 cm³/mol. The van der Waals surface area contributed by atoms with Gasteiger partial charge in [0.2, 0.25) is 5.91 Å². The van der Waals surface area contributed by atoms with Crippen LogP contribution in [0, 0.1) is 0 Å². The maximum absolute atomic E-state index is 12.2. The van der Waals surface area contributed by atoms with E-state index in [0.29, 0.717) is 17.8 Å². The highest BCUT2D eigenvalue weighted by Gasteiger charge is 2.37. The SMILES string of the molecule is NCc1nc(CC(=O)N[C@H]2Cc3cccc(C(=O)O)c3OB2O)cs1. The zero-order chi connectivity index (χ0) is 18.0. The Hall–Kier alpha value is -2.43. The summed E-state index contributed by atoms with van der Waals surface area (Å²) in [5, 5.41) is 24.5. The van der Waals surface area contributed by atoms with E-state index in [-0.39, 0.29) is 30.1 Å². The van der Waals surface area contributed by atoms with Gasteiger partial charge in [0.15, 0.2) is 0 Å². The van der Waals surface area contributed by atoms with E-state index in [9.17, 15) is 19.7 Å². The third-order valence-electron chi connectivity index (χ3n) is 3.81. The zero-order valence-electron chi connectivity index (χ0n) is 13.1. The minimum Gasteiger partial charge on any atom is -0.534 e. The lowest BCUT2D eigenvalue weighted by molar-refractivity contribution is -0.120. The molecule has 0 unspecified atom stereocenters. The van der Waals surface area contributed by atoms with Crippen molar-refractivity contribution in [2.45, 2.75) is 25.3 Å². The smallest absolute Gasteiger partial charge is 0.534 e. The highest BCUT2D eigenvalue weighted by molar-refractivity contribution is 7.09. The van der Waals surface area contributed by atoms with Crippen molar-refractivity contribution in [1.82, 2.24) is 10.3 Å². The summed E-state index contributed by atoms with van der Waals surface area (Å²) in [4.78, 5) is 27.6. The van der Waals surface area contributed by atoms with Crippen LogP contribution in [0.5, 0.6) is 5.75 Å². The van der Waals surface area contributed by atoms with Crippen LogP contribution in [0.1, 0.15) is 26.6 Å². The average Bonchev–Trinajstić information content (AvgIpc) is 3.02. The number of carbonyl (C=O) groups is 2. The van der Waals surface area contributed by atoms with E-state index in [1.165, 1.54) is 17.4 Å². The number of aromatic nitrogens is 1. The molecule has 1 atom stereocenters. The number of carboxylic acid groups (broad SMARTS) is 1. The third-order valence-corrected chi connectivity index (χ3v) is 4.73. The van der Waals surface area contributed by atoms with Crippen LogP contribution in [0.3, 0.4) is 0 Å². The minimum atomic E-state index is -1.33. The molecular formula is C15H16BN3O5S. The normalized spacial score (nSPS) is 16.1. The monoisotopic (exact) mass is 361 g/mol. The fraction of sp³-hybridized carbons (Fsp3) is 0.267. The van der Waals surface area contributed by atoms with Crippen molar-refractivity contribution in [1.29, 1.82) is 0 Å². The molecule has 0 bridgehead atoms. The molecule has 0 fully saturated rings. The first-order chi connectivity index (χ1) is 12.0. The predicted octanol–water partition coefficient (Wildman–Crippen LogP) is -0.0179. The number of carboxylic acids is 1. The molecule has 1 amide bonds. The fourth-order valence-electron chi connectivity index (χ4n) is 2.66. The number of carbonyl (C=O) groups excluding carboxylic acids is 1. The molecule has 3 rings (SSSR count). The summed E-state index contributed by atoms with van der Waals surface area (Å²) in [7, 11) is -1.33. The van der Waals surface area contributed by atoms with Gasteiger partial charge in [-0.25, -0.2) is 9.78 Å². The van der Waals surface area contributed by atoms with Crippen LogP contribution in [0.15, 0.2) is 23.6 Å². The van der Waals surface area contributed by atoms with Crippen LogP contribution in [0.2, 0.25) is 0 Å². The van der Waals surface area contributed by atoms with Crippen molar-refractivity contribution in [3.8, 4) is 5.75 Å². The number of hydrogen-bond acceptors (Lipinski definition) is 7. The van der Waals surface area contributed by atoms with Crippen LogP contribution in [0.4, 0.5) is 0 Å². The molecule has 0 spiro atoms. The molecule has 1 aliphatic rings. The van der Waals surface area contributed by atoms with E-state index in [1.54, 1.807) is 17.5 Å². The van der Waals surface area contributed by atoms with Crippen molar-refractivity contribution in [2.24, 2.45) is 5.73 Å². The van der Waals surface area contributed by atoms with Gasteiger partial charge in [-0.2, -0.15) is 0 Å². The summed E-state index contributed by atoms with van der Waals surface area (Å²) in [5.41, 5.74) is 6.71. The average molecular weight is 361 g/mol. The number of benzene rings is 1. The van der Waals surface area contributed by atoms with Crippen LogP contribution >= 0.6 is 11.3 Å².